The Morgan fingerprint density at radius 1 is 0.643 bits per heavy atom. The van der Waals surface area contributed by atoms with Crippen LogP contribution in [0.2, 0.25) is 0 Å². The Hall–Kier alpha value is -6.48. The molecule has 0 fully saturated rings. The minimum Gasteiger partial charge on any atom is -0.381 e. The normalized spacial score (nSPS) is 18.8. The summed E-state index contributed by atoms with van der Waals surface area (Å²) in [6.07, 6.45) is 31.7. The molecule has 0 saturated carbocycles. The van der Waals surface area contributed by atoms with E-state index in [2.05, 4.69) is 231 Å². The van der Waals surface area contributed by atoms with Crippen LogP contribution in [0.4, 0.5) is 5.69 Å². The predicted molar refractivity (Wildman–Crippen MR) is 241 cm³/mol. The summed E-state index contributed by atoms with van der Waals surface area (Å²) in [4.78, 5) is 0. The second-order valence-electron chi connectivity index (χ2n) is 14.9. The summed E-state index contributed by atoms with van der Waals surface area (Å²) in [5, 5.41) is 8.60. The molecule has 6 aromatic rings. The summed E-state index contributed by atoms with van der Waals surface area (Å²) in [5.74, 6) is 0.420. The van der Waals surface area contributed by atoms with E-state index < -0.39 is 5.54 Å². The van der Waals surface area contributed by atoms with Crippen LogP contribution in [0.25, 0.3) is 33.7 Å². The Balaban J connectivity index is 0.862. The van der Waals surface area contributed by atoms with E-state index in [4.69, 9.17) is 5.73 Å². The summed E-state index contributed by atoms with van der Waals surface area (Å²) >= 11 is 0. The fraction of sp³-hybridized carbons (Fsp3) is 0.111. The van der Waals surface area contributed by atoms with Crippen LogP contribution in [0, 0.1) is 5.92 Å². The van der Waals surface area contributed by atoms with Gasteiger partial charge < -0.3 is 11.1 Å². The minimum absolute atomic E-state index is 0.0570. The molecule has 8 rings (SSSR count). The SMILES string of the molecule is CC(N)(c1cccc2ccccc12)C1C=CC=C/C1=C/C=C\C1=CCC(c2ccc(NCc3ccccc3/C=C\C=C\c3cccc4ccccc34)cc2)C=C1. The Bertz CT molecular complexity index is 2580. The molecule has 0 aliphatic heterocycles. The molecule has 0 aromatic heterocycles. The molecule has 0 bridgehead atoms. The maximum Gasteiger partial charge on any atom is 0.0491 e. The molecular formula is C54H48N2. The highest BCUT2D eigenvalue weighted by Crippen LogP contribution is 2.39. The van der Waals surface area contributed by atoms with E-state index in [1.165, 1.54) is 60.5 Å². The number of nitrogens with one attached hydrogen (secondary N) is 1. The van der Waals surface area contributed by atoms with Crippen LogP contribution in [0.3, 0.4) is 0 Å². The third kappa shape index (κ3) is 8.27. The van der Waals surface area contributed by atoms with Gasteiger partial charge in [0.25, 0.3) is 0 Å². The van der Waals surface area contributed by atoms with Crippen molar-refractivity contribution in [3.05, 3.63) is 245 Å². The molecule has 0 radical (unpaired) electrons. The number of anilines is 1. The van der Waals surface area contributed by atoms with Gasteiger partial charge in [0.15, 0.2) is 0 Å². The topological polar surface area (TPSA) is 38.0 Å². The van der Waals surface area contributed by atoms with Gasteiger partial charge in [0.1, 0.15) is 0 Å². The van der Waals surface area contributed by atoms with E-state index >= 15 is 0 Å². The third-order valence-corrected chi connectivity index (χ3v) is 11.1. The highest BCUT2D eigenvalue weighted by atomic mass is 14.9. The number of nitrogens with two attached hydrogens (primary N) is 1. The van der Waals surface area contributed by atoms with Crippen LogP contribution in [0.5, 0.6) is 0 Å². The van der Waals surface area contributed by atoms with E-state index in [1.807, 2.05) is 0 Å². The Labute approximate surface area is 331 Å². The summed E-state index contributed by atoms with van der Waals surface area (Å²) in [7, 11) is 0. The van der Waals surface area contributed by atoms with Crippen molar-refractivity contribution >= 4 is 39.4 Å². The van der Waals surface area contributed by atoms with Gasteiger partial charge in [-0.15, -0.1) is 0 Å². The van der Waals surface area contributed by atoms with Gasteiger partial charge >= 0.3 is 0 Å². The molecule has 274 valence electrons. The zero-order chi connectivity index (χ0) is 38.2. The van der Waals surface area contributed by atoms with Gasteiger partial charge in [-0.05, 0) is 86.0 Å². The summed E-state index contributed by atoms with van der Waals surface area (Å²) < 4.78 is 0. The first kappa shape index (κ1) is 36.5. The molecule has 2 aliphatic carbocycles. The van der Waals surface area contributed by atoms with Crippen molar-refractivity contribution in [1.29, 1.82) is 0 Å². The lowest BCUT2D eigenvalue weighted by Crippen LogP contribution is -2.41. The average molecular weight is 725 g/mol. The van der Waals surface area contributed by atoms with Crippen molar-refractivity contribution in [2.24, 2.45) is 11.7 Å². The van der Waals surface area contributed by atoms with E-state index in [0.29, 0.717) is 5.92 Å². The van der Waals surface area contributed by atoms with Gasteiger partial charge in [-0.3, -0.25) is 0 Å². The average Bonchev–Trinajstić information content (AvgIpc) is 3.25. The van der Waals surface area contributed by atoms with Crippen LogP contribution < -0.4 is 11.1 Å². The molecule has 3 N–H and O–H groups in total. The van der Waals surface area contributed by atoms with Crippen molar-refractivity contribution in [3.8, 4) is 0 Å². The van der Waals surface area contributed by atoms with Crippen molar-refractivity contribution < 1.29 is 0 Å². The lowest BCUT2D eigenvalue weighted by molar-refractivity contribution is 0.410. The Morgan fingerprint density at radius 3 is 2.12 bits per heavy atom. The molecule has 0 amide bonds. The standard InChI is InChI=1S/C54H48N2/c1-54(55,53-30-14-25-46-20-7-10-28-51(46)53)52-29-11-8-21-47(52)26-12-15-40-31-33-42(34-32-40)43-35-37-49(38-36-43)56-39-48-22-5-3-17-41(48)16-2-4-18-44-23-13-24-45-19-6-9-27-50(44)45/h2-33,35-38,42,52,56H,34,39,55H2,1H3/b15-12-,16-2-,18-4+,47-26-. The molecule has 3 atom stereocenters. The largest absolute Gasteiger partial charge is 0.381 e. The first-order chi connectivity index (χ1) is 27.5. The summed E-state index contributed by atoms with van der Waals surface area (Å²) in [6.45, 7) is 2.91. The van der Waals surface area contributed by atoms with Crippen molar-refractivity contribution in [1.82, 2.24) is 0 Å². The maximum atomic E-state index is 7.18. The van der Waals surface area contributed by atoms with Gasteiger partial charge in [-0.25, -0.2) is 0 Å². The quantitative estimate of drug-likeness (QED) is 0.131. The molecule has 6 aromatic carbocycles. The lowest BCUT2D eigenvalue weighted by atomic mass is 9.73. The van der Waals surface area contributed by atoms with Crippen molar-refractivity contribution in [2.75, 3.05) is 5.32 Å². The molecule has 0 spiro atoms. The van der Waals surface area contributed by atoms with Crippen LogP contribution in [-0.4, -0.2) is 0 Å². The zero-order valence-electron chi connectivity index (χ0n) is 31.9. The van der Waals surface area contributed by atoms with Crippen LogP contribution in [-0.2, 0) is 12.1 Å². The van der Waals surface area contributed by atoms with Crippen LogP contribution in [0.1, 0.15) is 47.1 Å². The molecule has 2 aliphatic rings. The van der Waals surface area contributed by atoms with Crippen LogP contribution >= 0.6 is 0 Å². The molecule has 0 saturated heterocycles. The van der Waals surface area contributed by atoms with E-state index in [0.717, 1.165) is 18.7 Å². The highest BCUT2D eigenvalue weighted by Gasteiger charge is 2.33. The van der Waals surface area contributed by atoms with Gasteiger partial charge in [0.2, 0.25) is 0 Å². The molecule has 2 heteroatoms. The molecule has 2 nitrogen and oxygen atoms in total. The highest BCUT2D eigenvalue weighted by molar-refractivity contribution is 5.91. The lowest BCUT2D eigenvalue weighted by Gasteiger charge is -2.35. The zero-order valence-corrected chi connectivity index (χ0v) is 31.9. The van der Waals surface area contributed by atoms with Gasteiger partial charge in [0, 0.05) is 29.6 Å². The Morgan fingerprint density at radius 2 is 1.32 bits per heavy atom. The minimum atomic E-state index is -0.566. The predicted octanol–water partition coefficient (Wildman–Crippen LogP) is 13.4. The number of benzene rings is 6. The second kappa shape index (κ2) is 16.9. The van der Waals surface area contributed by atoms with Crippen LogP contribution in [0.15, 0.2) is 218 Å². The maximum absolute atomic E-state index is 7.18. The summed E-state index contributed by atoms with van der Waals surface area (Å²) in [5.41, 5.74) is 16.4. The summed E-state index contributed by atoms with van der Waals surface area (Å²) in [6, 6.07) is 47.4. The number of hydrogen-bond donors (Lipinski definition) is 2. The van der Waals surface area contributed by atoms with Crippen molar-refractivity contribution in [3.63, 3.8) is 0 Å². The van der Waals surface area contributed by atoms with Gasteiger partial charge in [0.05, 0.1) is 0 Å². The van der Waals surface area contributed by atoms with E-state index in [9.17, 15) is 0 Å². The molecule has 56 heavy (non-hydrogen) atoms. The monoisotopic (exact) mass is 724 g/mol. The van der Waals surface area contributed by atoms with E-state index in [1.54, 1.807) is 0 Å². The fourth-order valence-corrected chi connectivity index (χ4v) is 8.02. The number of hydrogen-bond acceptors (Lipinski definition) is 2. The first-order valence-electron chi connectivity index (χ1n) is 19.7. The molecule has 0 heterocycles. The first-order valence-corrected chi connectivity index (χ1v) is 19.7. The van der Waals surface area contributed by atoms with Gasteiger partial charge in [-0.2, -0.15) is 0 Å². The molecular weight excluding hydrogens is 677 g/mol. The number of fused-ring (bicyclic) bond motifs is 2. The number of allylic oxidation sites excluding steroid dienone is 12. The second-order valence-corrected chi connectivity index (χ2v) is 14.9. The molecule has 3 unspecified atom stereocenters. The Kier molecular flexibility index (Phi) is 11.0. The number of rotatable bonds is 11. The van der Waals surface area contributed by atoms with E-state index in [-0.39, 0.29) is 5.92 Å². The van der Waals surface area contributed by atoms with Crippen molar-refractivity contribution in [2.45, 2.75) is 31.3 Å². The fourth-order valence-electron chi connectivity index (χ4n) is 8.02. The third-order valence-electron chi connectivity index (χ3n) is 11.1. The van der Waals surface area contributed by atoms with Gasteiger partial charge in [-0.1, -0.05) is 206 Å². The smallest absolute Gasteiger partial charge is 0.0491 e.